The van der Waals surface area contributed by atoms with E-state index in [2.05, 4.69) is 11.6 Å². The Labute approximate surface area is 55.4 Å². The smallest absolute Gasteiger partial charge is 0.239 e. The van der Waals surface area contributed by atoms with Gasteiger partial charge in [-0.15, -0.1) is 0 Å². The van der Waals surface area contributed by atoms with Crippen molar-refractivity contribution in [3.05, 3.63) is 23.8 Å². The Hall–Kier alpha value is -0.985. The Morgan fingerprint density at radius 3 is 2.78 bits per heavy atom. The van der Waals surface area contributed by atoms with Crippen LogP contribution >= 0.6 is 0 Å². The SMILES string of the molecule is C=C(C)C1=CN=C(N)B1. The van der Waals surface area contributed by atoms with Crippen molar-refractivity contribution in [2.45, 2.75) is 6.92 Å². The molecule has 1 aliphatic heterocycles. The molecule has 1 rings (SSSR count). The topological polar surface area (TPSA) is 38.4 Å². The highest BCUT2D eigenvalue weighted by atomic mass is 14.8. The third-order valence-corrected chi connectivity index (χ3v) is 1.31. The van der Waals surface area contributed by atoms with Crippen LogP contribution in [0.1, 0.15) is 6.92 Å². The maximum absolute atomic E-state index is 5.42. The summed E-state index contributed by atoms with van der Waals surface area (Å²) < 4.78 is 0. The van der Waals surface area contributed by atoms with E-state index in [1.807, 2.05) is 6.92 Å². The lowest BCUT2D eigenvalue weighted by atomic mass is 9.68. The van der Waals surface area contributed by atoms with Crippen LogP contribution < -0.4 is 5.73 Å². The molecule has 0 aromatic heterocycles. The van der Waals surface area contributed by atoms with Crippen LogP contribution in [-0.4, -0.2) is 13.0 Å². The van der Waals surface area contributed by atoms with Gasteiger partial charge in [0.15, 0.2) is 0 Å². The molecular formula is C6H9BN2. The van der Waals surface area contributed by atoms with E-state index in [-0.39, 0.29) is 0 Å². The Balaban J connectivity index is 2.64. The largest absolute Gasteiger partial charge is 0.395 e. The van der Waals surface area contributed by atoms with Crippen LogP contribution in [0.4, 0.5) is 0 Å². The lowest BCUT2D eigenvalue weighted by Crippen LogP contribution is -2.17. The molecule has 1 heterocycles. The molecule has 0 radical (unpaired) electrons. The fourth-order valence-electron chi connectivity index (χ4n) is 0.708. The van der Waals surface area contributed by atoms with Gasteiger partial charge in [0.05, 0.1) is 5.73 Å². The zero-order valence-corrected chi connectivity index (χ0v) is 5.52. The summed E-state index contributed by atoms with van der Waals surface area (Å²) in [6.07, 6.45) is 1.78. The first-order valence-electron chi connectivity index (χ1n) is 2.87. The minimum atomic E-state index is 0.688. The summed E-state index contributed by atoms with van der Waals surface area (Å²) in [5.74, 6) is 0. The molecule has 0 aromatic carbocycles. The first-order chi connectivity index (χ1) is 4.20. The van der Waals surface area contributed by atoms with Gasteiger partial charge in [0.25, 0.3) is 0 Å². The van der Waals surface area contributed by atoms with Gasteiger partial charge < -0.3 is 5.73 Å². The summed E-state index contributed by atoms with van der Waals surface area (Å²) >= 11 is 0. The second-order valence-electron chi connectivity index (χ2n) is 2.23. The first kappa shape index (κ1) is 6.14. The molecule has 0 saturated carbocycles. The Morgan fingerprint density at radius 1 is 1.89 bits per heavy atom. The van der Waals surface area contributed by atoms with E-state index < -0.39 is 0 Å². The average molecular weight is 120 g/mol. The minimum absolute atomic E-state index is 0.688. The number of aliphatic imine (C=N–C) groups is 1. The number of nitrogens with two attached hydrogens (primary N) is 1. The van der Waals surface area contributed by atoms with Crippen LogP contribution in [0, 0.1) is 0 Å². The van der Waals surface area contributed by atoms with Gasteiger partial charge in [-0.25, -0.2) is 0 Å². The molecular weight excluding hydrogens is 111 g/mol. The fourth-order valence-corrected chi connectivity index (χ4v) is 0.708. The second kappa shape index (κ2) is 2.09. The van der Waals surface area contributed by atoms with Gasteiger partial charge in [-0.2, -0.15) is 0 Å². The van der Waals surface area contributed by atoms with Gasteiger partial charge in [0.2, 0.25) is 7.28 Å². The molecule has 0 amide bonds. The monoisotopic (exact) mass is 120 g/mol. The third kappa shape index (κ3) is 1.22. The Morgan fingerprint density at radius 2 is 2.56 bits per heavy atom. The highest BCUT2D eigenvalue weighted by molar-refractivity contribution is 6.81. The summed E-state index contributed by atoms with van der Waals surface area (Å²) in [5, 5.41) is 0. The molecule has 0 unspecified atom stereocenters. The average Bonchev–Trinajstić information content (AvgIpc) is 2.14. The predicted molar refractivity (Wildman–Crippen MR) is 41.7 cm³/mol. The maximum atomic E-state index is 5.42. The Kier molecular flexibility index (Phi) is 1.43. The quantitative estimate of drug-likeness (QED) is 0.492. The zero-order chi connectivity index (χ0) is 6.85. The van der Waals surface area contributed by atoms with Crippen molar-refractivity contribution < 1.29 is 0 Å². The molecule has 1 aliphatic rings. The normalized spacial score (nSPS) is 16.1. The van der Waals surface area contributed by atoms with Crippen LogP contribution in [0.15, 0.2) is 28.8 Å². The van der Waals surface area contributed by atoms with Crippen molar-refractivity contribution in [1.29, 1.82) is 0 Å². The van der Waals surface area contributed by atoms with Crippen molar-refractivity contribution in [2.75, 3.05) is 0 Å². The molecule has 3 heteroatoms. The number of hydrogen-bond donors (Lipinski definition) is 1. The van der Waals surface area contributed by atoms with Crippen LogP contribution in [-0.2, 0) is 0 Å². The van der Waals surface area contributed by atoms with E-state index in [1.54, 1.807) is 6.20 Å². The molecule has 0 aromatic rings. The van der Waals surface area contributed by atoms with Crippen molar-refractivity contribution in [2.24, 2.45) is 10.7 Å². The van der Waals surface area contributed by atoms with E-state index in [4.69, 9.17) is 5.73 Å². The Bertz CT molecular complexity index is 203. The van der Waals surface area contributed by atoms with Crippen LogP contribution in [0.5, 0.6) is 0 Å². The molecule has 0 saturated heterocycles. The van der Waals surface area contributed by atoms with E-state index in [1.165, 1.54) is 0 Å². The van der Waals surface area contributed by atoms with Crippen LogP contribution in [0.2, 0.25) is 0 Å². The van der Waals surface area contributed by atoms with Gasteiger partial charge in [-0.3, -0.25) is 4.99 Å². The molecule has 0 aliphatic carbocycles. The first-order valence-corrected chi connectivity index (χ1v) is 2.87. The van der Waals surface area contributed by atoms with Gasteiger partial charge in [-0.05, 0) is 6.92 Å². The summed E-state index contributed by atoms with van der Waals surface area (Å²) in [5.41, 5.74) is 8.31. The molecule has 0 atom stereocenters. The summed E-state index contributed by atoms with van der Waals surface area (Å²) in [6.45, 7) is 5.73. The number of hydrogen-bond acceptors (Lipinski definition) is 2. The number of allylic oxidation sites excluding steroid dienone is 2. The standard InChI is InChI=1S/C6H9BN2/c1-4(2)5-3-9-6(8)7-5/h3,7H,1H2,2H3,(H2,8,9). The highest BCUT2D eigenvalue weighted by Gasteiger charge is 2.08. The van der Waals surface area contributed by atoms with Gasteiger partial charge in [0, 0.05) is 6.20 Å². The molecule has 2 N–H and O–H groups in total. The molecule has 2 nitrogen and oxygen atoms in total. The highest BCUT2D eigenvalue weighted by Crippen LogP contribution is 2.08. The van der Waals surface area contributed by atoms with E-state index >= 15 is 0 Å². The van der Waals surface area contributed by atoms with Crippen LogP contribution in [0.3, 0.4) is 0 Å². The van der Waals surface area contributed by atoms with E-state index in [9.17, 15) is 0 Å². The van der Waals surface area contributed by atoms with Crippen molar-refractivity contribution in [1.82, 2.24) is 0 Å². The summed E-state index contributed by atoms with van der Waals surface area (Å²) in [7, 11) is 0.773. The van der Waals surface area contributed by atoms with Gasteiger partial charge >= 0.3 is 0 Å². The lowest BCUT2D eigenvalue weighted by molar-refractivity contribution is 1.47. The number of amidine groups is 1. The van der Waals surface area contributed by atoms with Crippen molar-refractivity contribution in [3.63, 3.8) is 0 Å². The van der Waals surface area contributed by atoms with Crippen molar-refractivity contribution in [3.8, 4) is 0 Å². The molecule has 0 fully saturated rings. The molecule has 9 heavy (non-hydrogen) atoms. The second-order valence-corrected chi connectivity index (χ2v) is 2.23. The summed E-state index contributed by atoms with van der Waals surface area (Å²) in [4.78, 5) is 3.91. The number of nitrogens with zero attached hydrogens (tertiary/aromatic N) is 1. The zero-order valence-electron chi connectivity index (χ0n) is 5.52. The van der Waals surface area contributed by atoms with Gasteiger partial charge in [-0.1, -0.05) is 17.6 Å². The van der Waals surface area contributed by atoms with E-state index in [0.717, 1.165) is 18.3 Å². The molecule has 46 valence electrons. The van der Waals surface area contributed by atoms with Crippen LogP contribution in [0.25, 0.3) is 0 Å². The molecule has 0 bridgehead atoms. The third-order valence-electron chi connectivity index (χ3n) is 1.31. The maximum Gasteiger partial charge on any atom is 0.239 e. The van der Waals surface area contributed by atoms with E-state index in [0.29, 0.717) is 5.73 Å². The van der Waals surface area contributed by atoms with Crippen molar-refractivity contribution >= 4 is 13.0 Å². The fraction of sp³-hybridized carbons (Fsp3) is 0.167. The summed E-state index contributed by atoms with van der Waals surface area (Å²) in [6, 6.07) is 0. The predicted octanol–water partition coefficient (Wildman–Crippen LogP) is 0.169. The molecule has 0 spiro atoms. The minimum Gasteiger partial charge on any atom is -0.395 e. The lowest BCUT2D eigenvalue weighted by Gasteiger charge is -1.94. The van der Waals surface area contributed by atoms with Gasteiger partial charge in [0.1, 0.15) is 0 Å². The number of rotatable bonds is 1.